The van der Waals surface area contributed by atoms with Crippen molar-refractivity contribution in [1.29, 1.82) is 0 Å². The number of rotatable bonds is 5. The van der Waals surface area contributed by atoms with Crippen molar-refractivity contribution in [2.45, 2.75) is 32.4 Å². The summed E-state index contributed by atoms with van der Waals surface area (Å²) in [6, 6.07) is 4.89. The number of carbonyl (C=O) groups is 1. The zero-order chi connectivity index (χ0) is 18.7. The summed E-state index contributed by atoms with van der Waals surface area (Å²) >= 11 is 6.11. The van der Waals surface area contributed by atoms with E-state index in [2.05, 4.69) is 9.88 Å². The summed E-state index contributed by atoms with van der Waals surface area (Å²) in [5.74, 6) is -0.452. The van der Waals surface area contributed by atoms with Gasteiger partial charge >= 0.3 is 5.97 Å². The average molecular weight is 381 g/mol. The van der Waals surface area contributed by atoms with Crippen molar-refractivity contribution in [3.05, 3.63) is 46.6 Å². The number of hydrogen-bond acceptors (Lipinski definition) is 5. The second-order valence-electron chi connectivity index (χ2n) is 6.31. The molecule has 0 amide bonds. The molecule has 0 aliphatic carbocycles. The van der Waals surface area contributed by atoms with Crippen molar-refractivity contribution in [3.8, 4) is 0 Å². The number of halogens is 2. The molecule has 0 radical (unpaired) electrons. The van der Waals surface area contributed by atoms with Crippen LogP contribution in [0.4, 0.5) is 10.2 Å². The van der Waals surface area contributed by atoms with Crippen LogP contribution in [-0.2, 0) is 11.3 Å². The van der Waals surface area contributed by atoms with Crippen LogP contribution in [0.15, 0.2) is 24.5 Å². The topological polar surface area (TPSA) is 73.4 Å². The van der Waals surface area contributed by atoms with Crippen LogP contribution in [0.3, 0.4) is 0 Å². The number of aromatic nitrogens is 2. The minimum atomic E-state index is -0.504. The fourth-order valence-corrected chi connectivity index (χ4v) is 3.50. The van der Waals surface area contributed by atoms with Crippen molar-refractivity contribution >= 4 is 23.4 Å². The Kier molecular flexibility index (Phi) is 5.78. The van der Waals surface area contributed by atoms with Crippen LogP contribution in [0.5, 0.6) is 0 Å². The Labute approximate surface area is 156 Å². The van der Waals surface area contributed by atoms with Crippen molar-refractivity contribution in [2.24, 2.45) is 0 Å². The van der Waals surface area contributed by atoms with E-state index in [9.17, 15) is 9.18 Å². The maximum Gasteiger partial charge on any atom is 0.360 e. The molecule has 2 aromatic rings. The third-order valence-electron chi connectivity index (χ3n) is 4.69. The maximum atomic E-state index is 14.0. The lowest BCUT2D eigenvalue weighted by molar-refractivity contribution is 0.0521. The summed E-state index contributed by atoms with van der Waals surface area (Å²) < 4.78 is 20.8. The zero-order valence-corrected chi connectivity index (χ0v) is 15.4. The van der Waals surface area contributed by atoms with Gasteiger partial charge in [-0.25, -0.2) is 14.2 Å². The van der Waals surface area contributed by atoms with Gasteiger partial charge in [0.05, 0.1) is 12.9 Å². The minimum Gasteiger partial charge on any atom is -0.461 e. The van der Waals surface area contributed by atoms with E-state index in [0.717, 1.165) is 25.9 Å². The van der Waals surface area contributed by atoms with E-state index >= 15 is 0 Å². The SMILES string of the molecule is CCOC(=O)c1ncn(C2CCN(Cc3c(F)cccc3Cl)CC2)c1N. The Bertz CT molecular complexity index is 767. The highest BCUT2D eigenvalue weighted by molar-refractivity contribution is 6.31. The molecule has 2 heterocycles. The summed E-state index contributed by atoms with van der Waals surface area (Å²) in [5, 5.41) is 0.449. The molecule has 6 nitrogen and oxygen atoms in total. The number of hydrogen-bond donors (Lipinski definition) is 1. The molecule has 1 aliphatic rings. The first kappa shape index (κ1) is 18.7. The van der Waals surface area contributed by atoms with E-state index in [-0.39, 0.29) is 24.2 Å². The molecule has 0 atom stereocenters. The molecule has 0 bridgehead atoms. The number of imidazole rings is 1. The Morgan fingerprint density at radius 3 is 2.81 bits per heavy atom. The number of piperidine rings is 1. The van der Waals surface area contributed by atoms with Crippen LogP contribution in [0, 0.1) is 5.82 Å². The molecule has 1 aliphatic heterocycles. The van der Waals surface area contributed by atoms with Crippen LogP contribution in [-0.4, -0.2) is 40.1 Å². The number of nitrogen functional groups attached to an aromatic ring is 1. The first-order chi connectivity index (χ1) is 12.5. The minimum absolute atomic E-state index is 0.151. The molecule has 3 rings (SSSR count). The maximum absolute atomic E-state index is 14.0. The number of anilines is 1. The number of esters is 1. The van der Waals surface area contributed by atoms with E-state index in [4.69, 9.17) is 22.1 Å². The summed E-state index contributed by atoms with van der Waals surface area (Å²) in [6.07, 6.45) is 3.25. The molecule has 0 unspecified atom stereocenters. The van der Waals surface area contributed by atoms with Gasteiger partial charge in [-0.05, 0) is 31.9 Å². The molecule has 1 fully saturated rings. The molecule has 1 aromatic carbocycles. The number of benzene rings is 1. The lowest BCUT2D eigenvalue weighted by Crippen LogP contribution is -2.34. The average Bonchev–Trinajstić information content (AvgIpc) is 3.01. The van der Waals surface area contributed by atoms with Crippen molar-refractivity contribution in [2.75, 3.05) is 25.4 Å². The van der Waals surface area contributed by atoms with Gasteiger partial charge in [0.15, 0.2) is 5.69 Å². The first-order valence-electron chi connectivity index (χ1n) is 8.66. The molecule has 26 heavy (non-hydrogen) atoms. The van der Waals surface area contributed by atoms with Crippen molar-refractivity contribution < 1.29 is 13.9 Å². The van der Waals surface area contributed by atoms with Gasteiger partial charge in [-0.2, -0.15) is 0 Å². The Morgan fingerprint density at radius 1 is 1.42 bits per heavy atom. The Hall–Kier alpha value is -2.12. The van der Waals surface area contributed by atoms with Gasteiger partial charge in [0, 0.05) is 36.3 Å². The van der Waals surface area contributed by atoms with E-state index < -0.39 is 5.97 Å². The van der Waals surface area contributed by atoms with Gasteiger partial charge in [-0.1, -0.05) is 17.7 Å². The highest BCUT2D eigenvalue weighted by atomic mass is 35.5. The monoisotopic (exact) mass is 380 g/mol. The third-order valence-corrected chi connectivity index (χ3v) is 5.05. The summed E-state index contributed by atoms with van der Waals surface area (Å²) in [5.41, 5.74) is 6.77. The van der Waals surface area contributed by atoms with Crippen LogP contribution in [0.1, 0.15) is 41.9 Å². The molecular weight excluding hydrogens is 359 g/mol. The number of nitrogens with zero attached hydrogens (tertiary/aromatic N) is 3. The Morgan fingerprint density at radius 2 is 2.15 bits per heavy atom. The smallest absolute Gasteiger partial charge is 0.360 e. The van der Waals surface area contributed by atoms with E-state index in [0.29, 0.717) is 22.9 Å². The van der Waals surface area contributed by atoms with E-state index in [1.54, 1.807) is 25.4 Å². The molecular formula is C18H22ClFN4O2. The highest BCUT2D eigenvalue weighted by Gasteiger charge is 2.26. The van der Waals surface area contributed by atoms with Crippen molar-refractivity contribution in [3.63, 3.8) is 0 Å². The highest BCUT2D eigenvalue weighted by Crippen LogP contribution is 2.29. The molecule has 2 N–H and O–H groups in total. The lowest BCUT2D eigenvalue weighted by atomic mass is 10.0. The third kappa shape index (κ3) is 3.83. The van der Waals surface area contributed by atoms with Crippen LogP contribution in [0.25, 0.3) is 0 Å². The van der Waals surface area contributed by atoms with Gasteiger partial charge in [0.25, 0.3) is 0 Å². The quantitative estimate of drug-likeness (QED) is 0.806. The fourth-order valence-electron chi connectivity index (χ4n) is 3.28. The van der Waals surface area contributed by atoms with Gasteiger partial charge in [-0.3, -0.25) is 4.90 Å². The second-order valence-corrected chi connectivity index (χ2v) is 6.72. The number of carbonyl (C=O) groups excluding carboxylic acids is 1. The summed E-state index contributed by atoms with van der Waals surface area (Å²) in [4.78, 5) is 18.1. The van der Waals surface area contributed by atoms with E-state index in [1.807, 2.05) is 4.57 Å². The van der Waals surface area contributed by atoms with Crippen molar-refractivity contribution in [1.82, 2.24) is 14.5 Å². The standard InChI is InChI=1S/C18H22ClFN4O2/c1-2-26-18(25)16-17(21)24(11-22-16)12-6-8-23(9-7-12)10-13-14(19)4-3-5-15(13)20/h3-5,11-12H,2,6-10,21H2,1H3. The predicted molar refractivity (Wildman–Crippen MR) is 97.6 cm³/mol. The van der Waals surface area contributed by atoms with Gasteiger partial charge in [0.1, 0.15) is 11.6 Å². The second kappa shape index (κ2) is 8.05. The number of nitrogens with two attached hydrogens (primary N) is 1. The lowest BCUT2D eigenvalue weighted by Gasteiger charge is -2.33. The molecule has 8 heteroatoms. The number of ether oxygens (including phenoxy) is 1. The predicted octanol–water partition coefficient (Wildman–Crippen LogP) is 3.27. The van der Waals surface area contributed by atoms with Gasteiger partial charge in [0.2, 0.25) is 0 Å². The van der Waals surface area contributed by atoms with Crippen LogP contribution < -0.4 is 5.73 Å². The zero-order valence-electron chi connectivity index (χ0n) is 14.6. The molecule has 1 aromatic heterocycles. The van der Waals surface area contributed by atoms with Crippen LogP contribution in [0.2, 0.25) is 5.02 Å². The molecule has 0 spiro atoms. The van der Waals surface area contributed by atoms with Gasteiger partial charge < -0.3 is 15.0 Å². The fraction of sp³-hybridized carbons (Fsp3) is 0.444. The largest absolute Gasteiger partial charge is 0.461 e. The van der Waals surface area contributed by atoms with Gasteiger partial charge in [-0.15, -0.1) is 0 Å². The number of likely N-dealkylation sites (tertiary alicyclic amines) is 1. The van der Waals surface area contributed by atoms with E-state index in [1.165, 1.54) is 6.07 Å². The normalized spacial score (nSPS) is 16.0. The molecule has 0 saturated carbocycles. The molecule has 140 valence electrons. The molecule has 1 saturated heterocycles. The summed E-state index contributed by atoms with van der Waals surface area (Å²) in [6.45, 7) is 4.06. The Balaban J connectivity index is 1.63. The first-order valence-corrected chi connectivity index (χ1v) is 9.03. The van der Waals surface area contributed by atoms with Crippen LogP contribution >= 0.6 is 11.6 Å². The summed E-state index contributed by atoms with van der Waals surface area (Å²) in [7, 11) is 0.